The molecular formula is C19H17BrO. The monoisotopic (exact) mass is 340 g/mol. The molecule has 3 aromatic rings. The minimum atomic E-state index is 0.0755. The first kappa shape index (κ1) is 13.3. The summed E-state index contributed by atoms with van der Waals surface area (Å²) in [5, 5.41) is 14.8. The third-order valence-corrected chi connectivity index (χ3v) is 5.12. The van der Waals surface area contributed by atoms with Crippen molar-refractivity contribution in [3.8, 4) is 0 Å². The van der Waals surface area contributed by atoms with E-state index >= 15 is 0 Å². The van der Waals surface area contributed by atoms with Crippen molar-refractivity contribution in [2.75, 3.05) is 0 Å². The third kappa shape index (κ3) is 2.09. The molecule has 0 aliphatic heterocycles. The van der Waals surface area contributed by atoms with Gasteiger partial charge in [-0.3, -0.25) is 0 Å². The highest BCUT2D eigenvalue weighted by atomic mass is 79.9. The van der Waals surface area contributed by atoms with Crippen LogP contribution in [0.2, 0.25) is 0 Å². The zero-order chi connectivity index (χ0) is 14.4. The number of benzene rings is 3. The van der Waals surface area contributed by atoms with Crippen LogP contribution in [-0.4, -0.2) is 5.11 Å². The summed E-state index contributed by atoms with van der Waals surface area (Å²) in [4.78, 5) is 0. The van der Waals surface area contributed by atoms with Crippen molar-refractivity contribution in [3.63, 3.8) is 0 Å². The summed E-state index contributed by atoms with van der Waals surface area (Å²) >= 11 is 3.54. The van der Waals surface area contributed by atoms with Gasteiger partial charge in [0.2, 0.25) is 0 Å². The van der Waals surface area contributed by atoms with Gasteiger partial charge in [0.25, 0.3) is 0 Å². The molecule has 0 atom stereocenters. The van der Waals surface area contributed by atoms with Crippen LogP contribution in [0.25, 0.3) is 21.5 Å². The maximum Gasteiger partial charge on any atom is 0.0688 e. The molecule has 1 aliphatic rings. The van der Waals surface area contributed by atoms with Crippen molar-refractivity contribution < 1.29 is 5.11 Å². The molecule has 106 valence electrons. The first-order valence-electron chi connectivity index (χ1n) is 7.54. The van der Waals surface area contributed by atoms with Gasteiger partial charge < -0.3 is 5.11 Å². The topological polar surface area (TPSA) is 20.2 Å². The highest BCUT2D eigenvalue weighted by Crippen LogP contribution is 2.36. The average molecular weight is 341 g/mol. The van der Waals surface area contributed by atoms with Gasteiger partial charge in [0.15, 0.2) is 0 Å². The number of fused-ring (bicyclic) bond motifs is 5. The molecule has 0 bridgehead atoms. The molecule has 0 amide bonds. The van der Waals surface area contributed by atoms with E-state index in [0.29, 0.717) is 0 Å². The Morgan fingerprint density at radius 3 is 2.62 bits per heavy atom. The standard InChI is InChI=1S/C19H17BrO/c20-15-9-13-6-7-17-16-4-2-1-3-12(16)5-8-18(17)19(13)14(10-15)11-21/h5-10,21H,1-4,11H2. The van der Waals surface area contributed by atoms with Gasteiger partial charge in [-0.2, -0.15) is 0 Å². The third-order valence-electron chi connectivity index (χ3n) is 4.66. The molecule has 21 heavy (non-hydrogen) atoms. The van der Waals surface area contributed by atoms with Crippen molar-refractivity contribution >= 4 is 37.5 Å². The smallest absolute Gasteiger partial charge is 0.0688 e. The van der Waals surface area contributed by atoms with Crippen molar-refractivity contribution in [1.82, 2.24) is 0 Å². The maximum absolute atomic E-state index is 9.74. The lowest BCUT2D eigenvalue weighted by Gasteiger charge is -2.19. The minimum Gasteiger partial charge on any atom is -0.392 e. The fourth-order valence-corrected chi connectivity index (χ4v) is 4.23. The van der Waals surface area contributed by atoms with Crippen LogP contribution < -0.4 is 0 Å². The molecule has 4 rings (SSSR count). The van der Waals surface area contributed by atoms with Crippen LogP contribution in [0.5, 0.6) is 0 Å². The van der Waals surface area contributed by atoms with E-state index in [9.17, 15) is 5.11 Å². The zero-order valence-corrected chi connectivity index (χ0v) is 13.4. The Morgan fingerprint density at radius 1 is 0.952 bits per heavy atom. The van der Waals surface area contributed by atoms with Crippen molar-refractivity contribution in [1.29, 1.82) is 0 Å². The number of hydrogen-bond donors (Lipinski definition) is 1. The predicted molar refractivity (Wildman–Crippen MR) is 91.7 cm³/mol. The van der Waals surface area contributed by atoms with Gasteiger partial charge in [-0.25, -0.2) is 0 Å². The minimum absolute atomic E-state index is 0.0755. The van der Waals surface area contributed by atoms with Crippen LogP contribution in [0.15, 0.2) is 40.9 Å². The lowest BCUT2D eigenvalue weighted by Crippen LogP contribution is -2.03. The van der Waals surface area contributed by atoms with E-state index in [4.69, 9.17) is 0 Å². The lowest BCUT2D eigenvalue weighted by molar-refractivity contribution is 0.283. The van der Waals surface area contributed by atoms with E-state index < -0.39 is 0 Å². The SMILES string of the molecule is OCc1cc(Br)cc2ccc3c4c(ccc3c12)CCCC4. The van der Waals surface area contributed by atoms with Gasteiger partial charge in [0, 0.05) is 4.47 Å². The molecule has 1 N–H and O–H groups in total. The molecule has 3 aromatic carbocycles. The van der Waals surface area contributed by atoms with Gasteiger partial charge in [-0.15, -0.1) is 0 Å². The van der Waals surface area contributed by atoms with Gasteiger partial charge in [-0.05, 0) is 76.1 Å². The Hall–Kier alpha value is -1.38. The van der Waals surface area contributed by atoms with Gasteiger partial charge in [-0.1, -0.05) is 40.2 Å². The quantitative estimate of drug-likeness (QED) is 0.609. The average Bonchev–Trinajstić information content (AvgIpc) is 2.53. The number of rotatable bonds is 1. The highest BCUT2D eigenvalue weighted by Gasteiger charge is 2.14. The maximum atomic E-state index is 9.74. The van der Waals surface area contributed by atoms with E-state index in [1.165, 1.54) is 58.4 Å². The van der Waals surface area contributed by atoms with Gasteiger partial charge in [0.1, 0.15) is 0 Å². The first-order valence-corrected chi connectivity index (χ1v) is 8.33. The molecule has 0 saturated heterocycles. The fourth-order valence-electron chi connectivity index (χ4n) is 3.71. The van der Waals surface area contributed by atoms with Gasteiger partial charge >= 0.3 is 0 Å². The second-order valence-electron chi connectivity index (χ2n) is 5.89. The van der Waals surface area contributed by atoms with Crippen molar-refractivity contribution in [3.05, 3.63) is 57.6 Å². The van der Waals surface area contributed by atoms with Crippen molar-refractivity contribution in [2.45, 2.75) is 32.3 Å². The van der Waals surface area contributed by atoms with Crippen LogP contribution in [0.3, 0.4) is 0 Å². The largest absolute Gasteiger partial charge is 0.392 e. The van der Waals surface area contributed by atoms with E-state index in [0.717, 1.165) is 10.0 Å². The first-order chi connectivity index (χ1) is 10.3. The molecule has 0 spiro atoms. The van der Waals surface area contributed by atoms with Crippen LogP contribution >= 0.6 is 15.9 Å². The summed E-state index contributed by atoms with van der Waals surface area (Å²) in [5.74, 6) is 0. The Bertz CT molecular complexity index is 851. The summed E-state index contributed by atoms with van der Waals surface area (Å²) in [5.41, 5.74) is 4.03. The Balaban J connectivity index is 2.14. The molecule has 0 saturated carbocycles. The normalized spacial score (nSPS) is 14.6. The summed E-state index contributed by atoms with van der Waals surface area (Å²) in [7, 11) is 0. The molecule has 0 unspecified atom stereocenters. The Morgan fingerprint density at radius 2 is 1.76 bits per heavy atom. The summed E-state index contributed by atoms with van der Waals surface area (Å²) in [6, 6.07) is 13.1. The van der Waals surface area contributed by atoms with Gasteiger partial charge in [0.05, 0.1) is 6.61 Å². The molecular weight excluding hydrogens is 324 g/mol. The number of aliphatic hydroxyl groups is 1. The number of halogens is 1. The van der Waals surface area contributed by atoms with Crippen LogP contribution in [-0.2, 0) is 19.4 Å². The molecule has 0 aromatic heterocycles. The number of hydrogen-bond acceptors (Lipinski definition) is 1. The van der Waals surface area contributed by atoms with E-state index in [1.807, 2.05) is 6.07 Å². The summed E-state index contributed by atoms with van der Waals surface area (Å²) < 4.78 is 1.02. The molecule has 1 nitrogen and oxygen atoms in total. The molecule has 1 aliphatic carbocycles. The molecule has 2 heteroatoms. The summed E-state index contributed by atoms with van der Waals surface area (Å²) in [6.45, 7) is 0.0755. The molecule has 0 radical (unpaired) electrons. The second-order valence-corrected chi connectivity index (χ2v) is 6.81. The lowest BCUT2D eigenvalue weighted by atomic mass is 9.86. The van der Waals surface area contributed by atoms with Crippen LogP contribution in [0.4, 0.5) is 0 Å². The van der Waals surface area contributed by atoms with E-state index in [1.54, 1.807) is 0 Å². The van der Waals surface area contributed by atoms with E-state index in [2.05, 4.69) is 46.3 Å². The predicted octanol–water partition coefficient (Wildman–Crippen LogP) is 5.13. The number of aryl methyl sites for hydroxylation is 2. The Kier molecular flexibility index (Phi) is 3.24. The second kappa shape index (κ2) is 5.11. The van der Waals surface area contributed by atoms with E-state index in [-0.39, 0.29) is 6.61 Å². The highest BCUT2D eigenvalue weighted by molar-refractivity contribution is 9.10. The zero-order valence-electron chi connectivity index (χ0n) is 11.8. The number of aliphatic hydroxyl groups excluding tert-OH is 1. The fraction of sp³-hybridized carbons (Fsp3) is 0.263. The molecule has 0 heterocycles. The van der Waals surface area contributed by atoms with Crippen LogP contribution in [0, 0.1) is 0 Å². The molecule has 0 fully saturated rings. The van der Waals surface area contributed by atoms with Crippen LogP contribution in [0.1, 0.15) is 29.5 Å². The van der Waals surface area contributed by atoms with Crippen molar-refractivity contribution in [2.24, 2.45) is 0 Å². The summed E-state index contributed by atoms with van der Waals surface area (Å²) in [6.07, 6.45) is 4.98. The Labute approximate surface area is 132 Å².